The molecule has 0 spiro atoms. The summed E-state index contributed by atoms with van der Waals surface area (Å²) in [5.41, 5.74) is 1.63. The molecule has 1 N–H and O–H groups in total. The molecule has 6 heteroatoms. The van der Waals surface area contributed by atoms with Crippen LogP contribution < -0.4 is 5.32 Å². The molecule has 0 saturated carbocycles. The molecule has 94 valence electrons. The third-order valence-corrected chi connectivity index (χ3v) is 2.58. The third kappa shape index (κ3) is 2.20. The molecular formula is C13H8F2N4. The summed E-state index contributed by atoms with van der Waals surface area (Å²) in [6.45, 7) is 0. The Labute approximate surface area is 107 Å². The SMILES string of the molecule is Fc1ccc(Nc2ncnc3cccnc23)cc1F. The Morgan fingerprint density at radius 3 is 2.68 bits per heavy atom. The van der Waals surface area contributed by atoms with E-state index in [-0.39, 0.29) is 0 Å². The molecule has 1 aromatic carbocycles. The smallest absolute Gasteiger partial charge is 0.160 e. The van der Waals surface area contributed by atoms with Crippen LogP contribution >= 0.6 is 0 Å². The summed E-state index contributed by atoms with van der Waals surface area (Å²) in [5, 5.41) is 2.89. The fourth-order valence-electron chi connectivity index (χ4n) is 1.70. The molecule has 0 bridgehead atoms. The monoisotopic (exact) mass is 258 g/mol. The van der Waals surface area contributed by atoms with Crippen LogP contribution in [0.25, 0.3) is 11.0 Å². The molecule has 2 aromatic heterocycles. The van der Waals surface area contributed by atoms with Crippen LogP contribution in [-0.4, -0.2) is 15.0 Å². The fraction of sp³-hybridized carbons (Fsp3) is 0. The second kappa shape index (κ2) is 4.56. The van der Waals surface area contributed by atoms with Gasteiger partial charge in [0.25, 0.3) is 0 Å². The zero-order valence-electron chi connectivity index (χ0n) is 9.64. The van der Waals surface area contributed by atoms with Crippen LogP contribution in [0.5, 0.6) is 0 Å². The lowest BCUT2D eigenvalue weighted by Crippen LogP contribution is -1.98. The van der Waals surface area contributed by atoms with Crippen LogP contribution in [0.4, 0.5) is 20.3 Å². The van der Waals surface area contributed by atoms with Gasteiger partial charge in [0.1, 0.15) is 11.8 Å². The Bertz CT molecular complexity index is 740. The average molecular weight is 258 g/mol. The van der Waals surface area contributed by atoms with E-state index in [1.807, 2.05) is 0 Å². The lowest BCUT2D eigenvalue weighted by molar-refractivity contribution is 0.509. The minimum absolute atomic E-state index is 0.393. The van der Waals surface area contributed by atoms with Gasteiger partial charge in [-0.25, -0.2) is 18.7 Å². The van der Waals surface area contributed by atoms with E-state index in [0.29, 0.717) is 22.5 Å². The third-order valence-electron chi connectivity index (χ3n) is 2.58. The zero-order chi connectivity index (χ0) is 13.2. The summed E-state index contributed by atoms with van der Waals surface area (Å²) in [7, 11) is 0. The fourth-order valence-corrected chi connectivity index (χ4v) is 1.70. The first-order valence-electron chi connectivity index (χ1n) is 5.52. The normalized spacial score (nSPS) is 10.6. The highest BCUT2D eigenvalue weighted by Gasteiger charge is 2.07. The van der Waals surface area contributed by atoms with Crippen LogP contribution in [0.2, 0.25) is 0 Å². The second-order valence-electron chi connectivity index (χ2n) is 3.85. The molecule has 0 amide bonds. The summed E-state index contributed by atoms with van der Waals surface area (Å²) in [4.78, 5) is 12.3. The van der Waals surface area contributed by atoms with Crippen molar-refractivity contribution in [2.75, 3.05) is 5.32 Å². The van der Waals surface area contributed by atoms with Gasteiger partial charge in [0.15, 0.2) is 17.5 Å². The number of anilines is 2. The Kier molecular flexibility index (Phi) is 2.75. The van der Waals surface area contributed by atoms with Gasteiger partial charge < -0.3 is 5.32 Å². The molecule has 0 aliphatic heterocycles. The quantitative estimate of drug-likeness (QED) is 0.767. The topological polar surface area (TPSA) is 50.7 Å². The molecule has 0 aliphatic rings. The van der Waals surface area contributed by atoms with Gasteiger partial charge in [0, 0.05) is 18.0 Å². The number of pyridine rings is 1. The highest BCUT2D eigenvalue weighted by Crippen LogP contribution is 2.21. The molecule has 3 rings (SSSR count). The zero-order valence-corrected chi connectivity index (χ0v) is 9.64. The van der Waals surface area contributed by atoms with Crippen LogP contribution in [0.1, 0.15) is 0 Å². The number of hydrogen-bond donors (Lipinski definition) is 1. The number of aromatic nitrogens is 3. The number of fused-ring (bicyclic) bond motifs is 1. The maximum Gasteiger partial charge on any atom is 0.160 e. The molecule has 0 atom stereocenters. The Morgan fingerprint density at radius 2 is 1.84 bits per heavy atom. The summed E-state index contributed by atoms with van der Waals surface area (Å²) in [6, 6.07) is 7.09. The van der Waals surface area contributed by atoms with E-state index in [9.17, 15) is 8.78 Å². The van der Waals surface area contributed by atoms with Gasteiger partial charge in [-0.05, 0) is 24.3 Å². The molecule has 0 saturated heterocycles. The molecule has 0 fully saturated rings. The molecule has 2 heterocycles. The van der Waals surface area contributed by atoms with Crippen molar-refractivity contribution in [1.82, 2.24) is 15.0 Å². The Hall–Kier alpha value is -2.63. The van der Waals surface area contributed by atoms with Crippen molar-refractivity contribution in [3.63, 3.8) is 0 Å². The highest BCUT2D eigenvalue weighted by atomic mass is 19.2. The largest absolute Gasteiger partial charge is 0.338 e. The lowest BCUT2D eigenvalue weighted by Gasteiger charge is -2.07. The van der Waals surface area contributed by atoms with Crippen molar-refractivity contribution < 1.29 is 8.78 Å². The van der Waals surface area contributed by atoms with Gasteiger partial charge in [-0.15, -0.1) is 0 Å². The van der Waals surface area contributed by atoms with Gasteiger partial charge in [-0.3, -0.25) is 4.98 Å². The number of rotatable bonds is 2. The second-order valence-corrected chi connectivity index (χ2v) is 3.85. The van der Waals surface area contributed by atoms with Crippen molar-refractivity contribution in [2.45, 2.75) is 0 Å². The van der Waals surface area contributed by atoms with E-state index < -0.39 is 11.6 Å². The first-order chi connectivity index (χ1) is 9.24. The molecule has 3 aromatic rings. The molecule has 0 aliphatic carbocycles. The van der Waals surface area contributed by atoms with Crippen molar-refractivity contribution in [3.8, 4) is 0 Å². The van der Waals surface area contributed by atoms with Crippen LogP contribution in [0, 0.1) is 11.6 Å². The summed E-state index contributed by atoms with van der Waals surface area (Å²) in [5.74, 6) is -1.37. The molecule has 19 heavy (non-hydrogen) atoms. The van der Waals surface area contributed by atoms with Crippen molar-refractivity contribution in [2.24, 2.45) is 0 Å². The standard InChI is InChI=1S/C13H8F2N4/c14-9-4-3-8(6-10(9)15)19-13-12-11(17-7-18-13)2-1-5-16-12/h1-7H,(H,17,18,19). The Balaban J connectivity index is 2.03. The van der Waals surface area contributed by atoms with Crippen molar-refractivity contribution in [3.05, 3.63) is 54.5 Å². The van der Waals surface area contributed by atoms with E-state index >= 15 is 0 Å². The summed E-state index contributed by atoms with van der Waals surface area (Å²) < 4.78 is 26.0. The van der Waals surface area contributed by atoms with E-state index in [1.165, 1.54) is 12.4 Å². The average Bonchev–Trinajstić information content (AvgIpc) is 2.43. The van der Waals surface area contributed by atoms with Gasteiger partial charge in [-0.1, -0.05) is 0 Å². The van der Waals surface area contributed by atoms with Crippen LogP contribution in [0.15, 0.2) is 42.9 Å². The van der Waals surface area contributed by atoms with Gasteiger partial charge in [0.05, 0.1) is 5.52 Å². The number of benzene rings is 1. The van der Waals surface area contributed by atoms with E-state index in [2.05, 4.69) is 20.3 Å². The molecule has 0 unspecified atom stereocenters. The van der Waals surface area contributed by atoms with Crippen LogP contribution in [0.3, 0.4) is 0 Å². The molecule has 0 radical (unpaired) electrons. The number of hydrogen-bond acceptors (Lipinski definition) is 4. The first kappa shape index (κ1) is 11.5. The summed E-state index contributed by atoms with van der Waals surface area (Å²) in [6.07, 6.45) is 2.99. The predicted molar refractivity (Wildman–Crippen MR) is 67.0 cm³/mol. The first-order valence-corrected chi connectivity index (χ1v) is 5.52. The predicted octanol–water partition coefficient (Wildman–Crippen LogP) is 3.05. The van der Waals surface area contributed by atoms with Gasteiger partial charge >= 0.3 is 0 Å². The van der Waals surface area contributed by atoms with Crippen LogP contribution in [-0.2, 0) is 0 Å². The molecular weight excluding hydrogens is 250 g/mol. The van der Waals surface area contributed by atoms with Crippen molar-refractivity contribution in [1.29, 1.82) is 0 Å². The number of nitrogens with one attached hydrogen (secondary N) is 1. The lowest BCUT2D eigenvalue weighted by atomic mass is 10.3. The van der Waals surface area contributed by atoms with E-state index in [1.54, 1.807) is 18.3 Å². The Morgan fingerprint density at radius 1 is 0.947 bits per heavy atom. The number of nitrogens with zero attached hydrogens (tertiary/aromatic N) is 3. The van der Waals surface area contributed by atoms with E-state index in [4.69, 9.17) is 0 Å². The molecule has 4 nitrogen and oxygen atoms in total. The van der Waals surface area contributed by atoms with Gasteiger partial charge in [0.2, 0.25) is 0 Å². The maximum absolute atomic E-state index is 13.1. The minimum Gasteiger partial charge on any atom is -0.338 e. The maximum atomic E-state index is 13.1. The highest BCUT2D eigenvalue weighted by molar-refractivity contribution is 5.86. The number of halogens is 2. The van der Waals surface area contributed by atoms with Gasteiger partial charge in [-0.2, -0.15) is 0 Å². The summed E-state index contributed by atoms with van der Waals surface area (Å²) >= 11 is 0. The minimum atomic E-state index is -0.920. The van der Waals surface area contributed by atoms with E-state index in [0.717, 1.165) is 12.1 Å². The van der Waals surface area contributed by atoms with Crippen molar-refractivity contribution >= 4 is 22.5 Å².